The Hall–Kier alpha value is -2.03. The zero-order valence-electron chi connectivity index (χ0n) is 17.2. The van der Waals surface area contributed by atoms with Crippen molar-refractivity contribution >= 4 is 49.3 Å². The first-order chi connectivity index (χ1) is 13.9. The molecular formula is C15H25O15Sb. The van der Waals surface area contributed by atoms with Gasteiger partial charge >= 0.3 is 179 Å². The molecule has 0 amide bonds. The van der Waals surface area contributed by atoms with E-state index in [-0.39, 0.29) is 0 Å². The van der Waals surface area contributed by atoms with Crippen LogP contribution in [0.3, 0.4) is 0 Å². The molecule has 0 saturated carbocycles. The quantitative estimate of drug-likeness (QED) is 0.154. The summed E-state index contributed by atoms with van der Waals surface area (Å²) in [6.07, 6.45) is -9.97. The Bertz CT molecular complexity index is 576. The predicted octanol–water partition coefficient (Wildman–Crippen LogP) is -0.679. The van der Waals surface area contributed by atoms with Crippen LogP contribution in [0.5, 0.6) is 0 Å². The minimum atomic E-state index is -7.48. The summed E-state index contributed by atoms with van der Waals surface area (Å²) in [5.74, 6) is -8.57. The van der Waals surface area contributed by atoms with Gasteiger partial charge in [0, 0.05) is 0 Å². The standard InChI is InChI=1S/5C3H5O3.Sb/c5*1-2(4)3(5)6;/h5*2H,1H3,(H,5,6);/q5*-1;+5. The van der Waals surface area contributed by atoms with Gasteiger partial charge in [-0.05, 0) is 0 Å². The van der Waals surface area contributed by atoms with E-state index in [9.17, 15) is 49.5 Å². The van der Waals surface area contributed by atoms with Crippen LogP contribution in [0.1, 0.15) is 34.6 Å². The summed E-state index contributed by atoms with van der Waals surface area (Å²) in [6.45, 7) is 4.38. The molecule has 16 heteroatoms. The van der Waals surface area contributed by atoms with Gasteiger partial charge in [-0.1, -0.05) is 0 Å². The van der Waals surface area contributed by atoms with Crippen LogP contribution in [-0.2, 0) is 39.0 Å². The summed E-state index contributed by atoms with van der Waals surface area (Å²) < 4.78 is 26.2. The number of rotatable bonds is 15. The third-order valence-electron chi connectivity index (χ3n) is 3.39. The molecule has 0 saturated heterocycles. The Kier molecular flexibility index (Phi) is 10.3. The molecule has 0 bridgehead atoms. The second kappa shape index (κ2) is 11.0. The van der Waals surface area contributed by atoms with Crippen LogP contribution in [0.2, 0.25) is 0 Å². The van der Waals surface area contributed by atoms with Crippen molar-refractivity contribution in [2.45, 2.75) is 65.1 Å². The summed E-state index contributed by atoms with van der Waals surface area (Å²) in [5.41, 5.74) is 0. The summed E-state index contributed by atoms with van der Waals surface area (Å²) in [4.78, 5) is 57.1. The van der Waals surface area contributed by atoms with E-state index in [4.69, 9.17) is 15.1 Å². The fourth-order valence-corrected chi connectivity index (χ4v) is 11.8. The first-order valence-corrected chi connectivity index (χ1v) is 13.8. The van der Waals surface area contributed by atoms with Crippen molar-refractivity contribution in [3.63, 3.8) is 0 Å². The molecule has 0 heterocycles. The molecule has 0 rings (SSSR count). The zero-order valence-corrected chi connectivity index (χ0v) is 19.7. The summed E-state index contributed by atoms with van der Waals surface area (Å²) in [5, 5.41) is 46.3. The van der Waals surface area contributed by atoms with E-state index < -0.39 is 79.9 Å². The number of hydrogen-bond acceptors (Lipinski definition) is 10. The molecule has 5 N–H and O–H groups in total. The Balaban J connectivity index is 7.10. The van der Waals surface area contributed by atoms with Gasteiger partial charge in [-0.25, -0.2) is 0 Å². The minimum absolute atomic E-state index is 0.876. The molecule has 0 aliphatic heterocycles. The Morgan fingerprint density at radius 3 is 0.677 bits per heavy atom. The molecule has 0 aromatic carbocycles. The Morgan fingerprint density at radius 2 is 0.581 bits per heavy atom. The first kappa shape index (κ1) is 29.0. The fraction of sp³-hybridized carbons (Fsp3) is 0.667. The molecule has 5 atom stereocenters. The van der Waals surface area contributed by atoms with E-state index >= 15 is 0 Å². The molecule has 0 spiro atoms. The average molecular weight is 567 g/mol. The van der Waals surface area contributed by atoms with Gasteiger partial charge in [-0.2, -0.15) is 0 Å². The van der Waals surface area contributed by atoms with Gasteiger partial charge in [0.1, 0.15) is 0 Å². The molecule has 0 aliphatic rings. The first-order valence-electron chi connectivity index (χ1n) is 8.56. The maximum absolute atomic E-state index is 11.4. The van der Waals surface area contributed by atoms with Crippen LogP contribution in [0.4, 0.5) is 0 Å². The molecule has 0 aromatic rings. The van der Waals surface area contributed by atoms with Crippen molar-refractivity contribution in [2.24, 2.45) is 0 Å². The van der Waals surface area contributed by atoms with Gasteiger partial charge in [0.2, 0.25) is 0 Å². The van der Waals surface area contributed by atoms with Crippen molar-refractivity contribution in [1.29, 1.82) is 0 Å². The third kappa shape index (κ3) is 8.20. The number of carboxylic acid groups (broad SMARTS) is 5. The molecule has 31 heavy (non-hydrogen) atoms. The van der Waals surface area contributed by atoms with Crippen LogP contribution in [-0.4, -0.2) is 105 Å². The third-order valence-corrected chi connectivity index (χ3v) is 12.8. The van der Waals surface area contributed by atoms with E-state index in [1.807, 2.05) is 0 Å². The van der Waals surface area contributed by atoms with E-state index in [1.54, 1.807) is 0 Å². The monoisotopic (exact) mass is 566 g/mol. The molecule has 0 aromatic heterocycles. The summed E-state index contributed by atoms with van der Waals surface area (Å²) >= 11 is -7.48. The molecule has 180 valence electrons. The van der Waals surface area contributed by atoms with E-state index in [1.165, 1.54) is 0 Å². The molecule has 15 nitrogen and oxygen atoms in total. The molecule has 0 aliphatic carbocycles. The summed E-state index contributed by atoms with van der Waals surface area (Å²) in [6, 6.07) is 0. The Morgan fingerprint density at radius 1 is 0.452 bits per heavy atom. The Labute approximate surface area is 179 Å². The molecule has 0 radical (unpaired) electrons. The molecule has 0 fully saturated rings. The van der Waals surface area contributed by atoms with Gasteiger partial charge in [0.05, 0.1) is 0 Å². The number of aliphatic carboxylic acids is 5. The SMILES string of the molecule is CC([O][Sb]([O]C(C)C(=O)O)([O]C(C)C(=O)O)([O]C(C)C(=O)O)[O]C(C)C(=O)O)C(=O)O. The van der Waals surface area contributed by atoms with Crippen LogP contribution < -0.4 is 0 Å². The fourth-order valence-electron chi connectivity index (χ4n) is 1.76. The topological polar surface area (TPSA) is 233 Å². The van der Waals surface area contributed by atoms with Crippen molar-refractivity contribution in [2.75, 3.05) is 0 Å². The van der Waals surface area contributed by atoms with Crippen LogP contribution in [0.15, 0.2) is 0 Å². The van der Waals surface area contributed by atoms with E-state index in [0.717, 1.165) is 34.6 Å². The predicted molar refractivity (Wildman–Crippen MR) is 96.7 cm³/mol. The van der Waals surface area contributed by atoms with Gasteiger partial charge in [0.15, 0.2) is 0 Å². The number of carbonyl (C=O) groups is 5. The van der Waals surface area contributed by atoms with Gasteiger partial charge < -0.3 is 0 Å². The van der Waals surface area contributed by atoms with Crippen molar-refractivity contribution in [3.8, 4) is 0 Å². The van der Waals surface area contributed by atoms with E-state index in [2.05, 4.69) is 0 Å². The van der Waals surface area contributed by atoms with Gasteiger partial charge in [-0.3, -0.25) is 0 Å². The van der Waals surface area contributed by atoms with Crippen molar-refractivity contribution < 1.29 is 64.6 Å². The maximum atomic E-state index is 11.4. The van der Waals surface area contributed by atoms with Gasteiger partial charge in [0.25, 0.3) is 0 Å². The number of carboxylic acids is 5. The zero-order chi connectivity index (χ0) is 24.8. The summed E-state index contributed by atoms with van der Waals surface area (Å²) in [7, 11) is 0. The average Bonchev–Trinajstić information content (AvgIpc) is 2.60. The van der Waals surface area contributed by atoms with Crippen LogP contribution in [0, 0.1) is 0 Å². The second-order valence-corrected chi connectivity index (χ2v) is 13.4. The number of hydrogen-bond donors (Lipinski definition) is 5. The second-order valence-electron chi connectivity index (χ2n) is 6.17. The van der Waals surface area contributed by atoms with Crippen molar-refractivity contribution in [1.82, 2.24) is 0 Å². The molecular weight excluding hydrogens is 542 g/mol. The normalized spacial score (nSPS) is 17.9. The van der Waals surface area contributed by atoms with Gasteiger partial charge in [-0.15, -0.1) is 0 Å². The van der Waals surface area contributed by atoms with Crippen LogP contribution >= 0.6 is 0 Å². The molecule has 5 unspecified atom stereocenters. The van der Waals surface area contributed by atoms with Crippen LogP contribution in [0.25, 0.3) is 0 Å². The van der Waals surface area contributed by atoms with Crippen molar-refractivity contribution in [3.05, 3.63) is 0 Å². The van der Waals surface area contributed by atoms with E-state index in [0.29, 0.717) is 0 Å².